The summed E-state index contributed by atoms with van der Waals surface area (Å²) in [5.41, 5.74) is -0.361. The van der Waals surface area contributed by atoms with E-state index in [0.717, 1.165) is 6.26 Å². The Labute approximate surface area is 152 Å². The molecule has 130 valence electrons. The van der Waals surface area contributed by atoms with Crippen LogP contribution in [0, 0.1) is 0 Å². The standard InChI is InChI=1S/C15H11Cl2N3O4S/c1-20-13-8(7-18-15(19-13)25(2,22)23)6-11(14(20)21)24-12-9(16)4-3-5-10(12)17/h3-7H,1-2H3. The maximum atomic E-state index is 12.5. The van der Waals surface area contributed by atoms with Gasteiger partial charge in [-0.05, 0) is 18.2 Å². The Morgan fingerprint density at radius 3 is 2.44 bits per heavy atom. The van der Waals surface area contributed by atoms with E-state index in [4.69, 9.17) is 27.9 Å². The zero-order valence-corrected chi connectivity index (χ0v) is 15.4. The van der Waals surface area contributed by atoms with E-state index in [1.807, 2.05) is 0 Å². The predicted molar refractivity (Wildman–Crippen MR) is 94.4 cm³/mol. The molecular formula is C15H11Cl2N3O4S. The summed E-state index contributed by atoms with van der Waals surface area (Å²) < 4.78 is 29.9. The van der Waals surface area contributed by atoms with Crippen LogP contribution in [0.1, 0.15) is 0 Å². The monoisotopic (exact) mass is 399 g/mol. The number of aryl methyl sites for hydroxylation is 1. The average Bonchev–Trinajstić information content (AvgIpc) is 2.54. The molecule has 0 atom stereocenters. The first-order valence-corrected chi connectivity index (χ1v) is 9.52. The summed E-state index contributed by atoms with van der Waals surface area (Å²) in [5, 5.41) is 0.558. The second-order valence-electron chi connectivity index (χ2n) is 5.23. The van der Waals surface area contributed by atoms with E-state index < -0.39 is 15.4 Å². The van der Waals surface area contributed by atoms with Crippen molar-refractivity contribution >= 4 is 44.1 Å². The van der Waals surface area contributed by atoms with Crippen molar-refractivity contribution in [3.05, 3.63) is 50.9 Å². The van der Waals surface area contributed by atoms with Crippen LogP contribution in [0.4, 0.5) is 0 Å². The molecule has 0 aliphatic carbocycles. The van der Waals surface area contributed by atoms with Crippen LogP contribution in [0.3, 0.4) is 0 Å². The van der Waals surface area contributed by atoms with Gasteiger partial charge in [0.05, 0.1) is 10.0 Å². The summed E-state index contributed by atoms with van der Waals surface area (Å²) in [6.07, 6.45) is 2.29. The molecule has 3 rings (SSSR count). The fourth-order valence-corrected chi connectivity index (χ4v) is 3.11. The third-order valence-electron chi connectivity index (χ3n) is 3.36. The third-order valence-corrected chi connectivity index (χ3v) is 4.81. The second kappa shape index (κ2) is 6.29. The van der Waals surface area contributed by atoms with Crippen LogP contribution in [0.15, 0.2) is 40.4 Å². The molecule has 7 nitrogen and oxygen atoms in total. The zero-order valence-electron chi connectivity index (χ0n) is 13.0. The topological polar surface area (TPSA) is 91.2 Å². The van der Waals surface area contributed by atoms with E-state index in [-0.39, 0.29) is 32.3 Å². The number of sulfone groups is 1. The van der Waals surface area contributed by atoms with Gasteiger partial charge >= 0.3 is 0 Å². The predicted octanol–water partition coefficient (Wildman–Crippen LogP) is 2.83. The quantitative estimate of drug-likeness (QED) is 0.628. The van der Waals surface area contributed by atoms with Crippen molar-refractivity contribution in [3.63, 3.8) is 0 Å². The lowest BCUT2D eigenvalue weighted by Gasteiger charge is -2.11. The third kappa shape index (κ3) is 3.33. The number of fused-ring (bicyclic) bond motifs is 1. The molecule has 2 aromatic heterocycles. The van der Waals surface area contributed by atoms with Crippen molar-refractivity contribution in [3.8, 4) is 11.5 Å². The minimum Gasteiger partial charge on any atom is -0.448 e. The van der Waals surface area contributed by atoms with Crippen molar-refractivity contribution in [1.29, 1.82) is 0 Å². The Bertz CT molecular complexity index is 1140. The van der Waals surface area contributed by atoms with Crippen LogP contribution < -0.4 is 10.3 Å². The second-order valence-corrected chi connectivity index (χ2v) is 7.95. The van der Waals surface area contributed by atoms with Gasteiger partial charge < -0.3 is 4.74 Å². The van der Waals surface area contributed by atoms with Gasteiger partial charge in [-0.2, -0.15) is 4.98 Å². The van der Waals surface area contributed by atoms with Gasteiger partial charge in [-0.3, -0.25) is 9.36 Å². The van der Waals surface area contributed by atoms with Crippen LogP contribution in [0.5, 0.6) is 11.5 Å². The van der Waals surface area contributed by atoms with Gasteiger partial charge in [-0.25, -0.2) is 13.4 Å². The molecular weight excluding hydrogens is 389 g/mol. The molecule has 1 aromatic carbocycles. The highest BCUT2D eigenvalue weighted by atomic mass is 35.5. The summed E-state index contributed by atoms with van der Waals surface area (Å²) in [6, 6.07) is 6.21. The van der Waals surface area contributed by atoms with E-state index in [1.165, 1.54) is 23.9 Å². The van der Waals surface area contributed by atoms with Crippen LogP contribution in [-0.2, 0) is 16.9 Å². The molecule has 0 fully saturated rings. The summed E-state index contributed by atoms with van der Waals surface area (Å²) in [6.45, 7) is 0. The van der Waals surface area contributed by atoms with E-state index in [9.17, 15) is 13.2 Å². The lowest BCUT2D eigenvalue weighted by molar-refractivity contribution is 0.472. The Morgan fingerprint density at radius 2 is 1.84 bits per heavy atom. The number of para-hydroxylation sites is 1. The number of pyridine rings is 1. The molecule has 0 aliphatic rings. The molecule has 0 bridgehead atoms. The van der Waals surface area contributed by atoms with E-state index in [1.54, 1.807) is 18.2 Å². The zero-order chi connectivity index (χ0) is 18.4. The number of benzene rings is 1. The lowest BCUT2D eigenvalue weighted by Crippen LogP contribution is -2.20. The fourth-order valence-electron chi connectivity index (χ4n) is 2.14. The highest BCUT2D eigenvalue weighted by Crippen LogP contribution is 2.35. The van der Waals surface area contributed by atoms with Gasteiger partial charge in [0, 0.05) is 24.9 Å². The number of hydrogen-bond donors (Lipinski definition) is 0. The summed E-state index contributed by atoms with van der Waals surface area (Å²) in [4.78, 5) is 20.3. The summed E-state index contributed by atoms with van der Waals surface area (Å²) in [7, 11) is -2.15. The molecule has 0 radical (unpaired) electrons. The molecule has 0 unspecified atom stereocenters. The normalized spacial score (nSPS) is 11.7. The van der Waals surface area contributed by atoms with E-state index in [2.05, 4.69) is 9.97 Å². The van der Waals surface area contributed by atoms with Gasteiger partial charge in [0.1, 0.15) is 5.65 Å². The Kier molecular flexibility index (Phi) is 4.44. The maximum Gasteiger partial charge on any atom is 0.294 e. The van der Waals surface area contributed by atoms with Gasteiger partial charge in [-0.15, -0.1) is 0 Å². The first-order chi connectivity index (χ1) is 11.7. The smallest absolute Gasteiger partial charge is 0.294 e. The fraction of sp³-hybridized carbons (Fsp3) is 0.133. The van der Waals surface area contributed by atoms with Crippen LogP contribution in [0.25, 0.3) is 11.0 Å². The summed E-state index contributed by atoms with van der Waals surface area (Å²) >= 11 is 12.1. The molecule has 10 heteroatoms. The van der Waals surface area contributed by atoms with Gasteiger partial charge in [-0.1, -0.05) is 29.3 Å². The van der Waals surface area contributed by atoms with Crippen LogP contribution in [0.2, 0.25) is 10.0 Å². The molecule has 0 N–H and O–H groups in total. The number of halogens is 2. The molecule has 0 amide bonds. The number of rotatable bonds is 3. The highest BCUT2D eigenvalue weighted by molar-refractivity contribution is 7.90. The van der Waals surface area contributed by atoms with Crippen LogP contribution in [-0.4, -0.2) is 29.2 Å². The van der Waals surface area contributed by atoms with Crippen LogP contribution >= 0.6 is 23.2 Å². The minimum atomic E-state index is -3.60. The van der Waals surface area contributed by atoms with E-state index in [0.29, 0.717) is 5.39 Å². The Balaban J connectivity index is 2.19. The van der Waals surface area contributed by atoms with Gasteiger partial charge in [0.15, 0.2) is 11.5 Å². The number of ether oxygens (including phenoxy) is 1. The number of nitrogens with zero attached hydrogens (tertiary/aromatic N) is 3. The number of hydrogen-bond acceptors (Lipinski definition) is 6. The maximum absolute atomic E-state index is 12.5. The lowest BCUT2D eigenvalue weighted by atomic mass is 10.3. The Morgan fingerprint density at radius 1 is 1.20 bits per heavy atom. The molecule has 0 spiro atoms. The van der Waals surface area contributed by atoms with E-state index >= 15 is 0 Å². The average molecular weight is 400 g/mol. The molecule has 0 aliphatic heterocycles. The Hall–Kier alpha value is -2.16. The first kappa shape index (κ1) is 17.7. The molecule has 0 saturated heterocycles. The highest BCUT2D eigenvalue weighted by Gasteiger charge is 2.17. The van der Waals surface area contributed by atoms with Crippen molar-refractivity contribution in [2.45, 2.75) is 5.16 Å². The molecule has 3 aromatic rings. The van der Waals surface area contributed by atoms with Crippen molar-refractivity contribution in [2.75, 3.05) is 6.26 Å². The van der Waals surface area contributed by atoms with Crippen molar-refractivity contribution in [1.82, 2.24) is 14.5 Å². The first-order valence-electron chi connectivity index (χ1n) is 6.87. The molecule has 25 heavy (non-hydrogen) atoms. The van der Waals surface area contributed by atoms with Gasteiger partial charge in [0.25, 0.3) is 5.56 Å². The van der Waals surface area contributed by atoms with Gasteiger partial charge in [0.2, 0.25) is 15.0 Å². The molecule has 2 heterocycles. The summed E-state index contributed by atoms with van der Waals surface area (Å²) in [5.74, 6) is 0.108. The molecule has 0 saturated carbocycles. The SMILES string of the molecule is Cn1c(=O)c(Oc2c(Cl)cccc2Cl)cc2cnc(S(C)(=O)=O)nc21. The van der Waals surface area contributed by atoms with Crippen molar-refractivity contribution in [2.24, 2.45) is 7.05 Å². The van der Waals surface area contributed by atoms with Crippen molar-refractivity contribution < 1.29 is 13.2 Å². The largest absolute Gasteiger partial charge is 0.448 e. The minimum absolute atomic E-state index is 0.0410. The number of aromatic nitrogens is 3.